The van der Waals surface area contributed by atoms with E-state index >= 15 is 0 Å². The van der Waals surface area contributed by atoms with Crippen LogP contribution >= 0.6 is 24.8 Å². The van der Waals surface area contributed by atoms with Gasteiger partial charge in [0.2, 0.25) is 0 Å². The fraction of sp³-hybridized carbons (Fsp3) is 0.400. The third-order valence-corrected chi connectivity index (χ3v) is 2.17. The molecule has 1 aromatic carbocycles. The molecule has 0 spiro atoms. The highest BCUT2D eigenvalue weighted by atomic mass is 35.5. The molecule has 0 aromatic heterocycles. The molecule has 2 nitrogen and oxygen atoms in total. The van der Waals surface area contributed by atoms with E-state index in [1.165, 1.54) is 16.7 Å². The predicted octanol–water partition coefficient (Wildman–Crippen LogP) is 2.11. The highest BCUT2D eigenvalue weighted by Gasteiger charge is 2.08. The van der Waals surface area contributed by atoms with Gasteiger partial charge in [0.1, 0.15) is 0 Å². The summed E-state index contributed by atoms with van der Waals surface area (Å²) in [4.78, 5) is 0. The molecular formula is C10H18Cl2N2. The van der Waals surface area contributed by atoms with Crippen molar-refractivity contribution in [2.75, 3.05) is 6.54 Å². The summed E-state index contributed by atoms with van der Waals surface area (Å²) in [7, 11) is 0. The second-order valence-corrected chi connectivity index (χ2v) is 3.15. The van der Waals surface area contributed by atoms with Gasteiger partial charge in [-0.3, -0.25) is 0 Å². The first-order chi connectivity index (χ1) is 5.66. The minimum absolute atomic E-state index is 0. The third-order valence-electron chi connectivity index (χ3n) is 2.17. The molecule has 0 aliphatic carbocycles. The molecule has 1 atom stereocenters. The molecule has 0 heterocycles. The standard InChI is InChI=1S/C10H16N2.2ClH/c1-7-4-3-5-8(2)10(7)9(12)6-11;;/h3-5,9H,6,11-12H2,1-2H3;2*1H/t9-;;/m1../s1. The van der Waals surface area contributed by atoms with Gasteiger partial charge < -0.3 is 11.5 Å². The maximum Gasteiger partial charge on any atom is 0.0424 e. The average Bonchev–Trinajstić information content (AvgIpc) is 2.03. The average molecular weight is 237 g/mol. The molecular weight excluding hydrogens is 219 g/mol. The van der Waals surface area contributed by atoms with Crippen LogP contribution in [0.1, 0.15) is 22.7 Å². The van der Waals surface area contributed by atoms with Gasteiger partial charge in [0.05, 0.1) is 0 Å². The summed E-state index contributed by atoms with van der Waals surface area (Å²) in [5.74, 6) is 0. The van der Waals surface area contributed by atoms with Crippen LogP contribution in [0.3, 0.4) is 0 Å². The summed E-state index contributed by atoms with van der Waals surface area (Å²) in [5.41, 5.74) is 15.0. The van der Waals surface area contributed by atoms with Crippen LogP contribution in [-0.2, 0) is 0 Å². The maximum absolute atomic E-state index is 5.87. The smallest absolute Gasteiger partial charge is 0.0424 e. The van der Waals surface area contributed by atoms with E-state index in [9.17, 15) is 0 Å². The van der Waals surface area contributed by atoms with Crippen LogP contribution in [0.5, 0.6) is 0 Å². The van der Waals surface area contributed by atoms with E-state index in [0.717, 1.165) is 0 Å². The monoisotopic (exact) mass is 236 g/mol. The molecule has 0 saturated carbocycles. The Morgan fingerprint density at radius 3 is 1.93 bits per heavy atom. The van der Waals surface area contributed by atoms with Crippen LogP contribution in [-0.4, -0.2) is 6.54 Å². The lowest BCUT2D eigenvalue weighted by atomic mass is 9.97. The summed E-state index contributed by atoms with van der Waals surface area (Å²) in [6.45, 7) is 4.64. The van der Waals surface area contributed by atoms with Gasteiger partial charge in [-0.2, -0.15) is 0 Å². The first-order valence-corrected chi connectivity index (χ1v) is 4.18. The Hall–Kier alpha value is -0.280. The summed E-state index contributed by atoms with van der Waals surface area (Å²) < 4.78 is 0. The number of halogens is 2. The molecule has 0 saturated heterocycles. The minimum Gasteiger partial charge on any atom is -0.329 e. The van der Waals surface area contributed by atoms with Gasteiger partial charge in [0.15, 0.2) is 0 Å². The van der Waals surface area contributed by atoms with Crippen LogP contribution in [0.25, 0.3) is 0 Å². The number of rotatable bonds is 2. The largest absolute Gasteiger partial charge is 0.329 e. The molecule has 0 aliphatic heterocycles. The van der Waals surface area contributed by atoms with Gasteiger partial charge in [0.25, 0.3) is 0 Å². The predicted molar refractivity (Wildman–Crippen MR) is 66.4 cm³/mol. The van der Waals surface area contributed by atoms with Crippen molar-refractivity contribution < 1.29 is 0 Å². The zero-order chi connectivity index (χ0) is 9.14. The molecule has 14 heavy (non-hydrogen) atoms. The lowest BCUT2D eigenvalue weighted by Gasteiger charge is -2.15. The summed E-state index contributed by atoms with van der Waals surface area (Å²) >= 11 is 0. The van der Waals surface area contributed by atoms with E-state index in [1.54, 1.807) is 0 Å². The first-order valence-electron chi connectivity index (χ1n) is 4.18. The van der Waals surface area contributed by atoms with Crippen molar-refractivity contribution in [2.24, 2.45) is 11.5 Å². The van der Waals surface area contributed by atoms with Crippen molar-refractivity contribution in [2.45, 2.75) is 19.9 Å². The van der Waals surface area contributed by atoms with Crippen LogP contribution in [0, 0.1) is 13.8 Å². The van der Waals surface area contributed by atoms with Gasteiger partial charge >= 0.3 is 0 Å². The molecule has 4 heteroatoms. The second kappa shape index (κ2) is 7.07. The van der Waals surface area contributed by atoms with Crippen LogP contribution in [0.2, 0.25) is 0 Å². The van der Waals surface area contributed by atoms with Crippen molar-refractivity contribution in [1.82, 2.24) is 0 Å². The summed E-state index contributed by atoms with van der Waals surface area (Å²) in [5, 5.41) is 0. The normalized spacial score (nSPS) is 11.1. The van der Waals surface area contributed by atoms with E-state index < -0.39 is 0 Å². The number of nitrogens with two attached hydrogens (primary N) is 2. The van der Waals surface area contributed by atoms with Crippen molar-refractivity contribution in [3.63, 3.8) is 0 Å². The van der Waals surface area contributed by atoms with E-state index in [-0.39, 0.29) is 30.9 Å². The Morgan fingerprint density at radius 1 is 1.14 bits per heavy atom. The van der Waals surface area contributed by atoms with E-state index in [0.29, 0.717) is 6.54 Å². The SMILES string of the molecule is Cc1cccc(C)c1[C@H](N)CN.Cl.Cl. The van der Waals surface area contributed by atoms with E-state index in [1.807, 2.05) is 6.07 Å². The quantitative estimate of drug-likeness (QED) is 0.827. The summed E-state index contributed by atoms with van der Waals surface area (Å²) in [6.07, 6.45) is 0. The fourth-order valence-electron chi connectivity index (χ4n) is 1.53. The molecule has 82 valence electrons. The fourth-order valence-corrected chi connectivity index (χ4v) is 1.53. The molecule has 0 fully saturated rings. The van der Waals surface area contributed by atoms with Crippen molar-refractivity contribution >= 4 is 24.8 Å². The van der Waals surface area contributed by atoms with Gasteiger partial charge in [-0.15, -0.1) is 24.8 Å². The van der Waals surface area contributed by atoms with Gasteiger partial charge in [0, 0.05) is 12.6 Å². The van der Waals surface area contributed by atoms with Crippen molar-refractivity contribution in [3.8, 4) is 0 Å². The van der Waals surface area contributed by atoms with Crippen LogP contribution in [0.4, 0.5) is 0 Å². The van der Waals surface area contributed by atoms with Crippen molar-refractivity contribution in [1.29, 1.82) is 0 Å². The molecule has 0 aliphatic rings. The van der Waals surface area contributed by atoms with E-state index in [4.69, 9.17) is 11.5 Å². The van der Waals surface area contributed by atoms with Gasteiger partial charge in [-0.05, 0) is 30.5 Å². The van der Waals surface area contributed by atoms with Gasteiger partial charge in [-0.25, -0.2) is 0 Å². The minimum atomic E-state index is -0.0220. The zero-order valence-corrected chi connectivity index (χ0v) is 10.1. The third kappa shape index (κ3) is 3.46. The molecule has 0 bridgehead atoms. The Bertz CT molecular complexity index is 257. The number of benzene rings is 1. The molecule has 1 rings (SSSR count). The number of aryl methyl sites for hydroxylation is 2. The molecule has 4 N–H and O–H groups in total. The van der Waals surface area contributed by atoms with Crippen LogP contribution < -0.4 is 11.5 Å². The van der Waals surface area contributed by atoms with E-state index in [2.05, 4.69) is 26.0 Å². The van der Waals surface area contributed by atoms with Crippen molar-refractivity contribution in [3.05, 3.63) is 34.9 Å². The van der Waals surface area contributed by atoms with Crippen LogP contribution in [0.15, 0.2) is 18.2 Å². The Kier molecular flexibility index (Phi) is 8.16. The lowest BCUT2D eigenvalue weighted by Crippen LogP contribution is -2.22. The number of hydrogen-bond acceptors (Lipinski definition) is 2. The molecule has 0 amide bonds. The first kappa shape index (κ1) is 16.2. The molecule has 1 aromatic rings. The maximum atomic E-state index is 5.87. The summed E-state index contributed by atoms with van der Waals surface area (Å²) in [6, 6.07) is 6.15. The lowest BCUT2D eigenvalue weighted by molar-refractivity contribution is 0.726. The Morgan fingerprint density at radius 2 is 1.57 bits per heavy atom. The zero-order valence-electron chi connectivity index (χ0n) is 8.49. The molecule has 0 radical (unpaired) electrons. The Labute approximate surface area is 97.9 Å². The number of hydrogen-bond donors (Lipinski definition) is 2. The van der Waals surface area contributed by atoms with Gasteiger partial charge in [-0.1, -0.05) is 18.2 Å². The second-order valence-electron chi connectivity index (χ2n) is 3.15. The Balaban J connectivity index is 0. The molecule has 0 unspecified atom stereocenters. The topological polar surface area (TPSA) is 52.0 Å². The highest BCUT2D eigenvalue weighted by Crippen LogP contribution is 2.18. The highest BCUT2D eigenvalue weighted by molar-refractivity contribution is 5.85.